The topological polar surface area (TPSA) is 67.7 Å². The number of benzene rings is 1. The van der Waals surface area contributed by atoms with E-state index in [1.165, 1.54) is 0 Å². The molecule has 0 radical (unpaired) electrons. The summed E-state index contributed by atoms with van der Waals surface area (Å²) in [6.45, 7) is 5.15. The Kier molecular flexibility index (Phi) is 4.00. The van der Waals surface area contributed by atoms with Gasteiger partial charge in [-0.05, 0) is 17.5 Å². The highest BCUT2D eigenvalue weighted by molar-refractivity contribution is 5.95. The summed E-state index contributed by atoms with van der Waals surface area (Å²) >= 11 is 0. The number of hydrogen-bond donors (Lipinski definition) is 2. The summed E-state index contributed by atoms with van der Waals surface area (Å²) in [5, 5.41) is 7.48. The van der Waals surface area contributed by atoms with Gasteiger partial charge in [0.1, 0.15) is 11.7 Å². The minimum Gasteiger partial charge on any atom is -0.384 e. The molecule has 4 heteroatoms. The predicted molar refractivity (Wildman–Crippen MR) is 77.3 cm³/mol. The molecule has 3 N–H and O–H groups in total. The van der Waals surface area contributed by atoms with Gasteiger partial charge in [0.05, 0.1) is 0 Å². The third-order valence-corrected chi connectivity index (χ3v) is 2.98. The molecule has 4 nitrogen and oxygen atoms in total. The summed E-state index contributed by atoms with van der Waals surface area (Å²) in [7, 11) is 0. The van der Waals surface area contributed by atoms with Crippen molar-refractivity contribution in [3.63, 3.8) is 0 Å². The molecule has 0 spiro atoms. The van der Waals surface area contributed by atoms with Crippen molar-refractivity contribution >= 4 is 5.84 Å². The van der Waals surface area contributed by atoms with Crippen LogP contribution in [-0.2, 0) is 13.0 Å². The number of hydrogen-bond acceptors (Lipinski definition) is 2. The van der Waals surface area contributed by atoms with E-state index in [0.29, 0.717) is 5.92 Å². The zero-order chi connectivity index (χ0) is 13.8. The van der Waals surface area contributed by atoms with Crippen molar-refractivity contribution in [1.29, 1.82) is 5.41 Å². The quantitative estimate of drug-likeness (QED) is 0.637. The third-order valence-electron chi connectivity index (χ3n) is 2.98. The second-order valence-electron chi connectivity index (χ2n) is 5.18. The summed E-state index contributed by atoms with van der Waals surface area (Å²) in [5.74, 6) is 1.79. The number of rotatable bonds is 5. The monoisotopic (exact) mass is 256 g/mol. The lowest BCUT2D eigenvalue weighted by molar-refractivity contribution is 0.590. The highest BCUT2D eigenvalue weighted by atomic mass is 15.1. The van der Waals surface area contributed by atoms with Crippen LogP contribution in [0.4, 0.5) is 0 Å². The fourth-order valence-electron chi connectivity index (χ4n) is 2.07. The highest BCUT2D eigenvalue weighted by Gasteiger charge is 2.06. The molecule has 100 valence electrons. The molecule has 19 heavy (non-hydrogen) atoms. The number of aromatic nitrogens is 2. The molecule has 2 aromatic rings. The zero-order valence-corrected chi connectivity index (χ0v) is 11.4. The van der Waals surface area contributed by atoms with Gasteiger partial charge in [0.25, 0.3) is 0 Å². The first kappa shape index (κ1) is 13.3. The van der Waals surface area contributed by atoms with E-state index in [2.05, 4.69) is 23.4 Å². The third kappa shape index (κ3) is 3.44. The van der Waals surface area contributed by atoms with Crippen molar-refractivity contribution in [2.75, 3.05) is 0 Å². The maximum Gasteiger partial charge on any atom is 0.122 e. The second-order valence-corrected chi connectivity index (χ2v) is 5.18. The van der Waals surface area contributed by atoms with Crippen LogP contribution in [0.3, 0.4) is 0 Å². The van der Waals surface area contributed by atoms with E-state index in [0.717, 1.165) is 29.9 Å². The van der Waals surface area contributed by atoms with Crippen LogP contribution in [-0.4, -0.2) is 15.4 Å². The van der Waals surface area contributed by atoms with Crippen molar-refractivity contribution in [3.05, 3.63) is 53.6 Å². The summed E-state index contributed by atoms with van der Waals surface area (Å²) in [6, 6.07) is 7.80. The Hall–Kier alpha value is -2.10. The van der Waals surface area contributed by atoms with Crippen LogP contribution in [0.2, 0.25) is 0 Å². The Labute approximate surface area is 113 Å². The average Bonchev–Trinajstić information content (AvgIpc) is 2.76. The molecule has 0 atom stereocenters. The van der Waals surface area contributed by atoms with Gasteiger partial charge in [0.2, 0.25) is 0 Å². The number of nitrogens with two attached hydrogens (primary N) is 1. The smallest absolute Gasteiger partial charge is 0.122 e. The lowest BCUT2D eigenvalue weighted by Crippen LogP contribution is -2.12. The van der Waals surface area contributed by atoms with Gasteiger partial charge >= 0.3 is 0 Å². The Bertz CT molecular complexity index is 569. The molecule has 0 saturated carbocycles. The van der Waals surface area contributed by atoms with Crippen LogP contribution >= 0.6 is 0 Å². The number of nitrogens with zero attached hydrogens (tertiary/aromatic N) is 2. The molecular weight excluding hydrogens is 236 g/mol. The molecule has 0 amide bonds. The SMILES string of the molecule is CC(C)Cc1nccn1Cc1cccc(C(=N)N)c1. The first-order chi connectivity index (χ1) is 9.06. The minimum absolute atomic E-state index is 0.106. The van der Waals surface area contributed by atoms with Gasteiger partial charge in [-0.2, -0.15) is 0 Å². The fraction of sp³-hybridized carbons (Fsp3) is 0.333. The largest absolute Gasteiger partial charge is 0.384 e. The molecule has 0 bridgehead atoms. The van der Waals surface area contributed by atoms with E-state index in [-0.39, 0.29) is 5.84 Å². The fourth-order valence-corrected chi connectivity index (χ4v) is 2.07. The highest BCUT2D eigenvalue weighted by Crippen LogP contribution is 2.11. The van der Waals surface area contributed by atoms with Crippen molar-refractivity contribution in [3.8, 4) is 0 Å². The minimum atomic E-state index is 0.106. The van der Waals surface area contributed by atoms with Gasteiger partial charge in [0, 0.05) is 30.9 Å². The van der Waals surface area contributed by atoms with E-state index >= 15 is 0 Å². The molecule has 0 aliphatic rings. The van der Waals surface area contributed by atoms with Crippen molar-refractivity contribution < 1.29 is 0 Å². The van der Waals surface area contributed by atoms with E-state index in [9.17, 15) is 0 Å². The van der Waals surface area contributed by atoms with Crippen molar-refractivity contribution in [2.45, 2.75) is 26.8 Å². The van der Waals surface area contributed by atoms with Crippen LogP contribution in [0.5, 0.6) is 0 Å². The van der Waals surface area contributed by atoms with Crippen LogP contribution in [0.25, 0.3) is 0 Å². The summed E-state index contributed by atoms with van der Waals surface area (Å²) in [6.07, 6.45) is 4.81. The average molecular weight is 256 g/mol. The van der Waals surface area contributed by atoms with Crippen LogP contribution in [0.15, 0.2) is 36.7 Å². The normalized spacial score (nSPS) is 10.9. The lowest BCUT2D eigenvalue weighted by atomic mass is 10.1. The summed E-state index contributed by atoms with van der Waals surface area (Å²) < 4.78 is 2.15. The maximum atomic E-state index is 7.48. The molecule has 1 aromatic carbocycles. The van der Waals surface area contributed by atoms with Crippen molar-refractivity contribution in [1.82, 2.24) is 9.55 Å². The van der Waals surface area contributed by atoms with Gasteiger partial charge in [-0.15, -0.1) is 0 Å². The van der Waals surface area contributed by atoms with Crippen LogP contribution < -0.4 is 5.73 Å². The second kappa shape index (κ2) is 5.69. The van der Waals surface area contributed by atoms with Gasteiger partial charge < -0.3 is 10.3 Å². The lowest BCUT2D eigenvalue weighted by Gasteiger charge is -2.10. The van der Waals surface area contributed by atoms with E-state index < -0.39 is 0 Å². The standard InChI is InChI=1S/C15H20N4/c1-11(2)8-14-18-6-7-19(14)10-12-4-3-5-13(9-12)15(16)17/h3-7,9,11H,8,10H2,1-2H3,(H3,16,17). The van der Waals surface area contributed by atoms with E-state index in [4.69, 9.17) is 11.1 Å². The molecule has 1 aromatic heterocycles. The van der Waals surface area contributed by atoms with Crippen molar-refractivity contribution in [2.24, 2.45) is 11.7 Å². The molecule has 0 fully saturated rings. The maximum absolute atomic E-state index is 7.48. The van der Waals surface area contributed by atoms with Crippen LogP contribution in [0.1, 0.15) is 30.8 Å². The Balaban J connectivity index is 2.19. The number of imidazole rings is 1. The van der Waals surface area contributed by atoms with Gasteiger partial charge in [-0.1, -0.05) is 32.0 Å². The number of nitrogens with one attached hydrogen (secondary N) is 1. The van der Waals surface area contributed by atoms with E-state index in [1.54, 1.807) is 0 Å². The molecule has 0 aliphatic carbocycles. The zero-order valence-electron chi connectivity index (χ0n) is 11.4. The predicted octanol–water partition coefficient (Wildman–Crippen LogP) is 2.41. The molecule has 0 unspecified atom stereocenters. The number of amidine groups is 1. The molecule has 0 aliphatic heterocycles. The van der Waals surface area contributed by atoms with Gasteiger partial charge in [0.15, 0.2) is 0 Å². The molecule has 0 saturated heterocycles. The Morgan fingerprint density at radius 2 is 2.21 bits per heavy atom. The Morgan fingerprint density at radius 3 is 2.89 bits per heavy atom. The Morgan fingerprint density at radius 1 is 1.42 bits per heavy atom. The summed E-state index contributed by atoms with van der Waals surface area (Å²) in [4.78, 5) is 4.41. The molecular formula is C15H20N4. The first-order valence-corrected chi connectivity index (χ1v) is 6.49. The molecule has 2 rings (SSSR count). The number of nitrogen functional groups attached to an aromatic ring is 1. The van der Waals surface area contributed by atoms with Gasteiger partial charge in [-0.3, -0.25) is 5.41 Å². The first-order valence-electron chi connectivity index (χ1n) is 6.49. The van der Waals surface area contributed by atoms with E-state index in [1.807, 2.05) is 36.7 Å². The van der Waals surface area contributed by atoms with Gasteiger partial charge in [-0.25, -0.2) is 4.98 Å². The van der Waals surface area contributed by atoms with Crippen LogP contribution in [0, 0.1) is 11.3 Å². The summed E-state index contributed by atoms with van der Waals surface area (Å²) in [5.41, 5.74) is 7.42. The molecule has 1 heterocycles.